The van der Waals surface area contributed by atoms with Gasteiger partial charge >= 0.3 is 5.69 Å². The van der Waals surface area contributed by atoms with Gasteiger partial charge in [-0.3, -0.25) is 19.7 Å². The van der Waals surface area contributed by atoms with Crippen LogP contribution in [0.4, 0.5) is 0 Å². The van der Waals surface area contributed by atoms with Crippen LogP contribution in [0.2, 0.25) is 0 Å². The van der Waals surface area contributed by atoms with Crippen molar-refractivity contribution in [3.05, 3.63) is 50.1 Å². The maximum Gasteiger partial charge on any atom is 0.326 e. The van der Waals surface area contributed by atoms with Crippen LogP contribution in [0.15, 0.2) is 21.9 Å². The average molecular weight is 277 g/mol. The molecule has 106 valence electrons. The van der Waals surface area contributed by atoms with E-state index in [-0.39, 0.29) is 5.69 Å². The fraction of sp³-hybridized carbons (Fsp3) is 0.333. The van der Waals surface area contributed by atoms with Gasteiger partial charge in [0.2, 0.25) is 0 Å². The summed E-state index contributed by atoms with van der Waals surface area (Å²) in [5.74, 6) is -0.475. The molecule has 0 radical (unpaired) electrons. The number of H-pyrrole nitrogens is 3. The van der Waals surface area contributed by atoms with Crippen molar-refractivity contribution >= 4 is 5.91 Å². The Morgan fingerprint density at radius 3 is 2.80 bits per heavy atom. The van der Waals surface area contributed by atoms with Crippen LogP contribution in [0.5, 0.6) is 0 Å². The van der Waals surface area contributed by atoms with E-state index < -0.39 is 17.2 Å². The number of nitrogens with one attached hydrogen (secondary N) is 4. The molecule has 0 bridgehead atoms. The molecule has 0 aliphatic carbocycles. The predicted octanol–water partition coefficient (Wildman–Crippen LogP) is -0.543. The number of carbonyl (C=O) groups excluding carboxylic acids is 1. The zero-order valence-electron chi connectivity index (χ0n) is 10.9. The van der Waals surface area contributed by atoms with Crippen molar-refractivity contribution in [3.63, 3.8) is 0 Å². The van der Waals surface area contributed by atoms with Crippen molar-refractivity contribution in [3.8, 4) is 0 Å². The lowest BCUT2D eigenvalue weighted by molar-refractivity contribution is 0.0947. The Morgan fingerprint density at radius 1 is 1.35 bits per heavy atom. The molecule has 2 rings (SSSR count). The number of aryl methyl sites for hydroxylation is 2. The summed E-state index contributed by atoms with van der Waals surface area (Å²) in [6.07, 6.45) is 3.28. The number of hydrogen-bond acceptors (Lipinski definition) is 4. The first-order valence-corrected chi connectivity index (χ1v) is 6.17. The topological polar surface area (TPSA) is 123 Å². The van der Waals surface area contributed by atoms with E-state index in [2.05, 4.69) is 20.5 Å². The maximum absolute atomic E-state index is 11.7. The lowest BCUT2D eigenvalue weighted by Gasteiger charge is -2.04. The molecular formula is C12H15N5O3. The van der Waals surface area contributed by atoms with Gasteiger partial charge in [0.05, 0.1) is 6.20 Å². The van der Waals surface area contributed by atoms with Crippen LogP contribution in [0.3, 0.4) is 0 Å². The molecule has 8 heteroatoms. The molecule has 20 heavy (non-hydrogen) atoms. The number of hydrogen-bond donors (Lipinski definition) is 4. The molecule has 2 heterocycles. The minimum absolute atomic E-state index is 0.0433. The standard InChI is InChI=1S/C12H15N5O3/c1-7-8(6-14-17-7)3-2-4-13-11(19)9-5-10(18)16-12(20)15-9/h5-6H,2-4H2,1H3,(H,13,19)(H,14,17)(H2,15,16,18,20). The number of aromatic amines is 3. The Balaban J connectivity index is 1.85. The molecule has 0 fully saturated rings. The summed E-state index contributed by atoms with van der Waals surface area (Å²) < 4.78 is 0. The van der Waals surface area contributed by atoms with Crippen molar-refractivity contribution < 1.29 is 4.79 Å². The molecule has 1 amide bonds. The van der Waals surface area contributed by atoms with Gasteiger partial charge in [-0.15, -0.1) is 0 Å². The van der Waals surface area contributed by atoms with Crippen LogP contribution in [0.1, 0.15) is 28.2 Å². The Kier molecular flexibility index (Phi) is 4.14. The van der Waals surface area contributed by atoms with E-state index in [1.54, 1.807) is 6.20 Å². The van der Waals surface area contributed by atoms with Gasteiger partial charge in [-0.1, -0.05) is 0 Å². The Morgan fingerprint density at radius 2 is 2.15 bits per heavy atom. The van der Waals surface area contributed by atoms with Crippen molar-refractivity contribution in [2.24, 2.45) is 0 Å². The highest BCUT2D eigenvalue weighted by Crippen LogP contribution is 2.04. The molecule has 0 aliphatic rings. The minimum Gasteiger partial charge on any atom is -0.351 e. The van der Waals surface area contributed by atoms with Gasteiger partial charge in [0.15, 0.2) is 0 Å². The number of carbonyl (C=O) groups is 1. The molecular weight excluding hydrogens is 262 g/mol. The van der Waals surface area contributed by atoms with Gasteiger partial charge in [0, 0.05) is 18.3 Å². The first kappa shape index (κ1) is 13.8. The van der Waals surface area contributed by atoms with E-state index in [9.17, 15) is 14.4 Å². The third-order valence-electron chi connectivity index (χ3n) is 2.85. The highest BCUT2D eigenvalue weighted by molar-refractivity contribution is 5.91. The molecule has 0 atom stereocenters. The predicted molar refractivity (Wildman–Crippen MR) is 71.7 cm³/mol. The van der Waals surface area contributed by atoms with E-state index in [0.717, 1.165) is 30.2 Å². The van der Waals surface area contributed by atoms with Gasteiger partial charge in [-0.25, -0.2) is 4.79 Å². The lowest BCUT2D eigenvalue weighted by Crippen LogP contribution is -2.31. The second-order valence-corrected chi connectivity index (χ2v) is 4.38. The fourth-order valence-corrected chi connectivity index (χ4v) is 1.79. The molecule has 0 saturated heterocycles. The summed E-state index contributed by atoms with van der Waals surface area (Å²) in [7, 11) is 0. The third kappa shape index (κ3) is 3.44. The molecule has 0 spiro atoms. The van der Waals surface area contributed by atoms with Crippen LogP contribution >= 0.6 is 0 Å². The van der Waals surface area contributed by atoms with E-state index >= 15 is 0 Å². The molecule has 2 aromatic rings. The van der Waals surface area contributed by atoms with Crippen LogP contribution < -0.4 is 16.6 Å². The first-order valence-electron chi connectivity index (χ1n) is 6.17. The summed E-state index contributed by atoms with van der Waals surface area (Å²) >= 11 is 0. The molecule has 2 aromatic heterocycles. The summed E-state index contributed by atoms with van der Waals surface area (Å²) in [5.41, 5.74) is 0.766. The smallest absolute Gasteiger partial charge is 0.326 e. The van der Waals surface area contributed by atoms with E-state index in [0.29, 0.717) is 6.54 Å². The Hall–Kier alpha value is -2.64. The highest BCUT2D eigenvalue weighted by atomic mass is 16.2. The third-order valence-corrected chi connectivity index (χ3v) is 2.85. The zero-order chi connectivity index (χ0) is 14.5. The molecule has 4 N–H and O–H groups in total. The van der Waals surface area contributed by atoms with Gasteiger partial charge in [-0.2, -0.15) is 5.10 Å². The molecule has 0 aromatic carbocycles. The molecule has 0 unspecified atom stereocenters. The van der Waals surface area contributed by atoms with Crippen LogP contribution in [-0.2, 0) is 6.42 Å². The van der Waals surface area contributed by atoms with Gasteiger partial charge in [0.1, 0.15) is 5.69 Å². The SMILES string of the molecule is Cc1[nH]ncc1CCCNC(=O)c1cc(=O)[nH]c(=O)[nH]1. The number of aromatic nitrogens is 4. The maximum atomic E-state index is 11.7. The minimum atomic E-state index is -0.698. The molecule has 0 saturated carbocycles. The van der Waals surface area contributed by atoms with Crippen LogP contribution in [-0.4, -0.2) is 32.6 Å². The molecule has 0 aliphatic heterocycles. The quantitative estimate of drug-likeness (QED) is 0.548. The van der Waals surface area contributed by atoms with Crippen molar-refractivity contribution in [2.45, 2.75) is 19.8 Å². The average Bonchev–Trinajstić information content (AvgIpc) is 2.79. The van der Waals surface area contributed by atoms with Gasteiger partial charge in [0.25, 0.3) is 11.5 Å². The van der Waals surface area contributed by atoms with Gasteiger partial charge in [-0.05, 0) is 25.3 Å². The van der Waals surface area contributed by atoms with Crippen molar-refractivity contribution in [1.29, 1.82) is 0 Å². The van der Waals surface area contributed by atoms with E-state index in [1.807, 2.05) is 11.9 Å². The largest absolute Gasteiger partial charge is 0.351 e. The summed E-state index contributed by atoms with van der Waals surface area (Å²) in [6, 6.07) is 1.05. The second kappa shape index (κ2) is 6.00. The number of nitrogens with zero attached hydrogens (tertiary/aromatic N) is 1. The van der Waals surface area contributed by atoms with Crippen molar-refractivity contribution in [1.82, 2.24) is 25.5 Å². The van der Waals surface area contributed by atoms with Gasteiger partial charge < -0.3 is 10.3 Å². The number of amides is 1. The van der Waals surface area contributed by atoms with Crippen LogP contribution in [0.25, 0.3) is 0 Å². The molecule has 8 nitrogen and oxygen atoms in total. The van der Waals surface area contributed by atoms with Crippen molar-refractivity contribution in [2.75, 3.05) is 6.54 Å². The van der Waals surface area contributed by atoms with E-state index in [1.165, 1.54) is 0 Å². The summed E-state index contributed by atoms with van der Waals surface area (Å²) in [4.78, 5) is 38.1. The zero-order valence-corrected chi connectivity index (χ0v) is 10.9. The van der Waals surface area contributed by atoms with Crippen LogP contribution in [0, 0.1) is 6.92 Å². The highest BCUT2D eigenvalue weighted by Gasteiger charge is 2.07. The van der Waals surface area contributed by atoms with E-state index in [4.69, 9.17) is 0 Å². The lowest BCUT2D eigenvalue weighted by atomic mass is 10.1. The second-order valence-electron chi connectivity index (χ2n) is 4.38. The normalized spacial score (nSPS) is 10.4. The summed E-state index contributed by atoms with van der Waals surface area (Å²) in [5, 5.41) is 9.40. The monoisotopic (exact) mass is 277 g/mol. The number of rotatable bonds is 5. The fourth-order valence-electron chi connectivity index (χ4n) is 1.79. The Labute approximate surface area is 113 Å². The summed E-state index contributed by atoms with van der Waals surface area (Å²) in [6.45, 7) is 2.38. The first-order chi connectivity index (χ1) is 9.56. The Bertz CT molecular complexity index is 684.